The van der Waals surface area contributed by atoms with E-state index in [4.69, 9.17) is 5.21 Å². The van der Waals surface area contributed by atoms with Crippen molar-refractivity contribution in [2.45, 2.75) is 6.92 Å². The van der Waals surface area contributed by atoms with Gasteiger partial charge in [0.2, 0.25) is 0 Å². The fraction of sp³-hybridized carbons (Fsp3) is 0.0833. The molecule has 0 fully saturated rings. The molecule has 0 aliphatic heterocycles. The second-order valence-corrected chi connectivity index (χ2v) is 4.63. The third-order valence-corrected chi connectivity index (χ3v) is 3.19. The maximum Gasteiger partial charge on any atom is 0.263 e. The van der Waals surface area contributed by atoms with Crippen molar-refractivity contribution >= 4 is 28.1 Å². The van der Waals surface area contributed by atoms with E-state index in [1.165, 1.54) is 13.0 Å². The Kier molecular flexibility index (Phi) is 4.04. The minimum absolute atomic E-state index is 0.149. The molecule has 0 radical (unpaired) electrons. The first kappa shape index (κ1) is 14.1. The maximum atomic E-state index is 13.4. The molecule has 0 unspecified atom stereocenters. The van der Waals surface area contributed by atoms with Gasteiger partial charge in [-0.05, 0) is 19.1 Å². The molecule has 1 amide bonds. The molecule has 0 bridgehead atoms. The summed E-state index contributed by atoms with van der Waals surface area (Å²) in [5.74, 6) is -2.83. The van der Waals surface area contributed by atoms with Crippen LogP contribution in [-0.4, -0.2) is 21.8 Å². The van der Waals surface area contributed by atoms with E-state index in [1.807, 2.05) is 0 Å². The Morgan fingerprint density at radius 2 is 2.05 bits per heavy atom. The summed E-state index contributed by atoms with van der Waals surface area (Å²) in [7, 11) is 0. The van der Waals surface area contributed by atoms with E-state index in [2.05, 4.69) is 15.5 Å². The smallest absolute Gasteiger partial charge is 0.263 e. The lowest BCUT2D eigenvalue weighted by molar-refractivity contribution is 0.101. The molecule has 1 aromatic heterocycles. The van der Waals surface area contributed by atoms with E-state index in [0.717, 1.165) is 23.5 Å². The SMILES string of the molecule is CC(=NO)c1csc(NC(=O)c2c(F)cccc2F)n1. The summed E-state index contributed by atoms with van der Waals surface area (Å²) in [6.07, 6.45) is 0. The first-order valence-corrected chi connectivity index (χ1v) is 6.31. The van der Waals surface area contributed by atoms with Crippen molar-refractivity contribution < 1.29 is 18.8 Å². The summed E-state index contributed by atoms with van der Waals surface area (Å²) in [4.78, 5) is 15.8. The third-order valence-electron chi connectivity index (χ3n) is 2.44. The van der Waals surface area contributed by atoms with Gasteiger partial charge in [0.1, 0.15) is 28.6 Å². The van der Waals surface area contributed by atoms with Crippen LogP contribution in [-0.2, 0) is 0 Å². The van der Waals surface area contributed by atoms with Crippen LogP contribution in [0.1, 0.15) is 23.0 Å². The van der Waals surface area contributed by atoms with Crippen LogP contribution in [0.3, 0.4) is 0 Å². The quantitative estimate of drug-likeness (QED) is 0.519. The van der Waals surface area contributed by atoms with Crippen molar-refractivity contribution in [3.8, 4) is 0 Å². The molecule has 2 N–H and O–H groups in total. The fourth-order valence-electron chi connectivity index (χ4n) is 1.42. The summed E-state index contributed by atoms with van der Waals surface area (Å²) in [6, 6.07) is 3.16. The highest BCUT2D eigenvalue weighted by atomic mass is 32.1. The second-order valence-electron chi connectivity index (χ2n) is 3.77. The van der Waals surface area contributed by atoms with Gasteiger partial charge in [-0.15, -0.1) is 11.3 Å². The third kappa shape index (κ3) is 2.80. The zero-order valence-corrected chi connectivity index (χ0v) is 11.0. The van der Waals surface area contributed by atoms with Crippen LogP contribution in [0.25, 0.3) is 0 Å². The van der Waals surface area contributed by atoms with Crippen LogP contribution >= 0.6 is 11.3 Å². The number of rotatable bonds is 3. The van der Waals surface area contributed by atoms with Gasteiger partial charge in [-0.3, -0.25) is 10.1 Å². The van der Waals surface area contributed by atoms with Crippen LogP contribution in [0, 0.1) is 11.6 Å². The van der Waals surface area contributed by atoms with Gasteiger partial charge < -0.3 is 5.21 Å². The summed E-state index contributed by atoms with van der Waals surface area (Å²) in [6.45, 7) is 1.52. The normalized spacial score (nSPS) is 11.4. The molecule has 104 valence electrons. The van der Waals surface area contributed by atoms with Crippen molar-refractivity contribution in [2.75, 3.05) is 5.32 Å². The van der Waals surface area contributed by atoms with Crippen LogP contribution in [0.15, 0.2) is 28.7 Å². The number of amides is 1. The van der Waals surface area contributed by atoms with Gasteiger partial charge in [-0.1, -0.05) is 11.2 Å². The molecular weight excluding hydrogens is 288 g/mol. The van der Waals surface area contributed by atoms with Crippen molar-refractivity contribution in [1.29, 1.82) is 0 Å². The van der Waals surface area contributed by atoms with E-state index < -0.39 is 23.1 Å². The highest BCUT2D eigenvalue weighted by molar-refractivity contribution is 7.14. The first-order chi connectivity index (χ1) is 9.52. The number of oxime groups is 1. The molecule has 0 saturated heterocycles. The maximum absolute atomic E-state index is 13.4. The van der Waals surface area contributed by atoms with Crippen molar-refractivity contribution in [3.05, 3.63) is 46.5 Å². The number of hydrogen-bond acceptors (Lipinski definition) is 5. The Labute approximate surface area is 116 Å². The van der Waals surface area contributed by atoms with E-state index in [0.29, 0.717) is 5.69 Å². The van der Waals surface area contributed by atoms with E-state index >= 15 is 0 Å². The number of carbonyl (C=O) groups is 1. The van der Waals surface area contributed by atoms with E-state index in [-0.39, 0.29) is 10.8 Å². The topological polar surface area (TPSA) is 74.6 Å². The summed E-state index contributed by atoms with van der Waals surface area (Å²) < 4.78 is 26.8. The molecule has 2 aromatic rings. The predicted octanol–water partition coefficient (Wildman–Crippen LogP) is 2.87. The van der Waals surface area contributed by atoms with E-state index in [9.17, 15) is 13.6 Å². The number of halogens is 2. The average molecular weight is 297 g/mol. The molecule has 0 saturated carbocycles. The Bertz CT molecular complexity index is 665. The molecule has 1 aromatic carbocycles. The molecule has 20 heavy (non-hydrogen) atoms. The number of hydrogen-bond donors (Lipinski definition) is 2. The molecule has 5 nitrogen and oxygen atoms in total. The second kappa shape index (κ2) is 5.74. The summed E-state index contributed by atoms with van der Waals surface area (Å²) >= 11 is 1.05. The Hall–Kier alpha value is -2.35. The number of nitrogens with one attached hydrogen (secondary N) is 1. The predicted molar refractivity (Wildman–Crippen MR) is 70.4 cm³/mol. The lowest BCUT2D eigenvalue weighted by Crippen LogP contribution is -2.15. The van der Waals surface area contributed by atoms with Crippen molar-refractivity contribution in [2.24, 2.45) is 5.16 Å². The van der Waals surface area contributed by atoms with Gasteiger partial charge in [0, 0.05) is 5.38 Å². The lowest BCUT2D eigenvalue weighted by atomic mass is 10.2. The number of benzene rings is 1. The van der Waals surface area contributed by atoms with Gasteiger partial charge in [0.15, 0.2) is 5.13 Å². The largest absolute Gasteiger partial charge is 0.411 e. The molecule has 8 heteroatoms. The minimum atomic E-state index is -0.951. The number of anilines is 1. The Morgan fingerprint density at radius 1 is 1.40 bits per heavy atom. The van der Waals surface area contributed by atoms with Gasteiger partial charge >= 0.3 is 0 Å². The Morgan fingerprint density at radius 3 is 2.65 bits per heavy atom. The molecule has 0 aliphatic carbocycles. The van der Waals surface area contributed by atoms with Crippen LogP contribution in [0.5, 0.6) is 0 Å². The molecule has 2 rings (SSSR count). The lowest BCUT2D eigenvalue weighted by Gasteiger charge is -2.04. The highest BCUT2D eigenvalue weighted by Gasteiger charge is 2.18. The summed E-state index contributed by atoms with van der Waals surface area (Å²) in [5.41, 5.74) is -0.0441. The van der Waals surface area contributed by atoms with Crippen LogP contribution in [0.2, 0.25) is 0 Å². The van der Waals surface area contributed by atoms with Crippen molar-refractivity contribution in [1.82, 2.24) is 4.98 Å². The number of carbonyl (C=O) groups excluding carboxylic acids is 1. The minimum Gasteiger partial charge on any atom is -0.411 e. The first-order valence-electron chi connectivity index (χ1n) is 5.43. The molecular formula is C12H9F2N3O2S. The number of thiazole rings is 1. The number of aromatic nitrogens is 1. The zero-order chi connectivity index (χ0) is 14.7. The molecule has 0 aliphatic rings. The molecule has 0 atom stereocenters. The summed E-state index contributed by atoms with van der Waals surface area (Å²) in [5, 5.41) is 15.5. The van der Waals surface area contributed by atoms with Crippen LogP contribution in [0.4, 0.5) is 13.9 Å². The van der Waals surface area contributed by atoms with Gasteiger partial charge in [0.25, 0.3) is 5.91 Å². The van der Waals surface area contributed by atoms with Crippen molar-refractivity contribution in [3.63, 3.8) is 0 Å². The highest BCUT2D eigenvalue weighted by Crippen LogP contribution is 2.19. The van der Waals surface area contributed by atoms with Gasteiger partial charge in [-0.2, -0.15) is 0 Å². The van der Waals surface area contributed by atoms with Gasteiger partial charge in [0.05, 0.1) is 0 Å². The standard InChI is InChI=1S/C12H9F2N3O2S/c1-6(17-19)9-5-20-12(15-9)16-11(18)10-7(13)3-2-4-8(10)14/h2-5,19H,1H3,(H,15,16,18). The number of nitrogens with zero attached hydrogens (tertiary/aromatic N) is 2. The average Bonchev–Trinajstić information content (AvgIpc) is 2.86. The van der Waals surface area contributed by atoms with E-state index in [1.54, 1.807) is 5.38 Å². The monoisotopic (exact) mass is 297 g/mol. The fourth-order valence-corrected chi connectivity index (χ4v) is 2.17. The Balaban J connectivity index is 2.22. The molecule has 0 spiro atoms. The molecule has 1 heterocycles. The van der Waals surface area contributed by atoms with Crippen LogP contribution < -0.4 is 5.32 Å². The van der Waals surface area contributed by atoms with Gasteiger partial charge in [-0.25, -0.2) is 13.8 Å². The zero-order valence-electron chi connectivity index (χ0n) is 10.2.